The number of anilines is 1. The highest BCUT2D eigenvalue weighted by atomic mass is 32.1. The van der Waals surface area contributed by atoms with Gasteiger partial charge in [0.1, 0.15) is 0 Å². The van der Waals surface area contributed by atoms with Gasteiger partial charge < -0.3 is 10.2 Å². The summed E-state index contributed by atoms with van der Waals surface area (Å²) in [6, 6.07) is 17.7. The highest BCUT2D eigenvalue weighted by Gasteiger charge is 2.14. The lowest BCUT2D eigenvalue weighted by molar-refractivity contribution is 0.0827. The van der Waals surface area contributed by atoms with Gasteiger partial charge in [0.2, 0.25) is 10.1 Å². The monoisotopic (exact) mass is 377 g/mol. The zero-order valence-corrected chi connectivity index (χ0v) is 15.9. The van der Waals surface area contributed by atoms with Gasteiger partial charge in [-0.3, -0.25) is 4.79 Å². The smallest absolute Gasteiger partial charge is 0.253 e. The van der Waals surface area contributed by atoms with Crippen molar-refractivity contribution in [3.05, 3.63) is 71.9 Å². The number of amides is 1. The number of rotatable bonds is 5. The van der Waals surface area contributed by atoms with E-state index in [-0.39, 0.29) is 5.91 Å². The van der Waals surface area contributed by atoms with E-state index in [1.807, 2.05) is 47.0 Å². The fraction of sp³-hybridized carbons (Fsp3) is 0.150. The second kappa shape index (κ2) is 7.20. The van der Waals surface area contributed by atoms with Gasteiger partial charge in [-0.05, 0) is 17.7 Å². The van der Waals surface area contributed by atoms with Crippen molar-refractivity contribution in [2.24, 2.45) is 0 Å². The first kappa shape index (κ1) is 17.2. The molecule has 0 unspecified atom stereocenters. The molecule has 0 aliphatic heterocycles. The van der Waals surface area contributed by atoms with Crippen LogP contribution in [-0.4, -0.2) is 39.5 Å². The van der Waals surface area contributed by atoms with Crippen LogP contribution >= 0.6 is 11.3 Å². The Hall–Kier alpha value is -3.19. The summed E-state index contributed by atoms with van der Waals surface area (Å²) in [5.74, 6) is -0.0268. The van der Waals surface area contributed by atoms with Crippen molar-refractivity contribution in [1.82, 2.24) is 19.5 Å². The Labute approximate surface area is 161 Å². The Balaban J connectivity index is 1.61. The Morgan fingerprint density at radius 2 is 1.96 bits per heavy atom. The van der Waals surface area contributed by atoms with Gasteiger partial charge in [0.25, 0.3) is 5.91 Å². The standard InChI is InChI=1S/C20H19N5OS/c1-24(2)18(26)16-10-6-9-15(11-16)17-13-22-20-25(17)23-19(27-20)21-12-14-7-4-3-5-8-14/h3-11,13H,12H2,1-2H3,(H,21,23). The number of fused-ring (bicyclic) bond motifs is 1. The van der Waals surface area contributed by atoms with E-state index in [2.05, 4.69) is 27.5 Å². The molecular formula is C20H19N5OS. The van der Waals surface area contributed by atoms with Crippen LogP contribution in [0.5, 0.6) is 0 Å². The second-order valence-corrected chi connectivity index (χ2v) is 7.32. The molecule has 2 aromatic heterocycles. The van der Waals surface area contributed by atoms with Crippen LogP contribution in [0.15, 0.2) is 60.8 Å². The minimum absolute atomic E-state index is 0.0268. The molecule has 0 aliphatic rings. The normalized spacial score (nSPS) is 10.9. The third kappa shape index (κ3) is 3.54. The summed E-state index contributed by atoms with van der Waals surface area (Å²) in [6.07, 6.45) is 1.79. The highest BCUT2D eigenvalue weighted by Crippen LogP contribution is 2.27. The van der Waals surface area contributed by atoms with Crippen molar-refractivity contribution in [2.45, 2.75) is 6.54 Å². The molecule has 4 aromatic rings. The van der Waals surface area contributed by atoms with Crippen LogP contribution in [-0.2, 0) is 6.54 Å². The topological polar surface area (TPSA) is 62.5 Å². The van der Waals surface area contributed by atoms with Crippen molar-refractivity contribution in [2.75, 3.05) is 19.4 Å². The Kier molecular flexibility index (Phi) is 4.60. The maximum Gasteiger partial charge on any atom is 0.253 e. The number of carbonyl (C=O) groups is 1. The van der Waals surface area contributed by atoms with E-state index < -0.39 is 0 Å². The lowest BCUT2D eigenvalue weighted by Crippen LogP contribution is -2.21. The van der Waals surface area contributed by atoms with E-state index in [0.29, 0.717) is 12.1 Å². The van der Waals surface area contributed by atoms with Gasteiger partial charge in [-0.15, -0.1) is 5.10 Å². The summed E-state index contributed by atoms with van der Waals surface area (Å²) in [4.78, 5) is 19.1. The van der Waals surface area contributed by atoms with E-state index in [0.717, 1.165) is 21.3 Å². The molecule has 1 amide bonds. The fourth-order valence-electron chi connectivity index (χ4n) is 2.80. The maximum absolute atomic E-state index is 12.2. The highest BCUT2D eigenvalue weighted by molar-refractivity contribution is 7.20. The molecule has 0 spiro atoms. The van der Waals surface area contributed by atoms with E-state index in [1.165, 1.54) is 16.9 Å². The van der Waals surface area contributed by atoms with Crippen molar-refractivity contribution in [3.63, 3.8) is 0 Å². The van der Waals surface area contributed by atoms with Crippen LogP contribution in [0.3, 0.4) is 0 Å². The van der Waals surface area contributed by atoms with Crippen LogP contribution in [0.1, 0.15) is 15.9 Å². The molecular weight excluding hydrogens is 358 g/mol. The zero-order chi connectivity index (χ0) is 18.8. The predicted molar refractivity (Wildman–Crippen MR) is 108 cm³/mol. The van der Waals surface area contributed by atoms with Crippen LogP contribution in [0.4, 0.5) is 5.13 Å². The van der Waals surface area contributed by atoms with Crippen LogP contribution in [0.2, 0.25) is 0 Å². The molecule has 0 saturated heterocycles. The molecule has 27 heavy (non-hydrogen) atoms. The van der Waals surface area contributed by atoms with Gasteiger partial charge in [0.15, 0.2) is 0 Å². The minimum atomic E-state index is -0.0268. The number of imidazole rings is 1. The Bertz CT molecular complexity index is 1080. The molecule has 0 fully saturated rings. The molecule has 7 heteroatoms. The van der Waals surface area contributed by atoms with E-state index in [9.17, 15) is 4.79 Å². The minimum Gasteiger partial charge on any atom is -0.356 e. The van der Waals surface area contributed by atoms with E-state index in [4.69, 9.17) is 0 Å². The summed E-state index contributed by atoms with van der Waals surface area (Å²) in [5.41, 5.74) is 3.61. The molecule has 0 saturated carbocycles. The predicted octanol–water partition coefficient (Wildman–Crippen LogP) is 3.77. The number of benzene rings is 2. The third-order valence-corrected chi connectivity index (χ3v) is 5.06. The molecule has 2 heterocycles. The largest absolute Gasteiger partial charge is 0.356 e. The number of aromatic nitrogens is 3. The molecule has 2 aromatic carbocycles. The number of hydrogen-bond acceptors (Lipinski definition) is 5. The van der Waals surface area contributed by atoms with Gasteiger partial charge in [-0.2, -0.15) is 0 Å². The van der Waals surface area contributed by atoms with E-state index >= 15 is 0 Å². The van der Waals surface area contributed by atoms with Gasteiger partial charge in [0, 0.05) is 31.8 Å². The second-order valence-electron chi connectivity index (χ2n) is 6.36. The van der Waals surface area contributed by atoms with E-state index in [1.54, 1.807) is 25.2 Å². The lowest BCUT2D eigenvalue weighted by Gasteiger charge is -2.10. The van der Waals surface area contributed by atoms with Crippen molar-refractivity contribution in [3.8, 4) is 11.3 Å². The lowest BCUT2D eigenvalue weighted by atomic mass is 10.1. The number of carbonyl (C=O) groups excluding carboxylic acids is 1. The molecule has 0 radical (unpaired) electrons. The zero-order valence-electron chi connectivity index (χ0n) is 15.1. The third-order valence-electron chi connectivity index (χ3n) is 4.18. The van der Waals surface area contributed by atoms with Crippen LogP contribution in [0, 0.1) is 0 Å². The average Bonchev–Trinajstić information content (AvgIpc) is 3.27. The van der Waals surface area contributed by atoms with Gasteiger partial charge in [-0.25, -0.2) is 9.50 Å². The van der Waals surface area contributed by atoms with Gasteiger partial charge in [-0.1, -0.05) is 53.8 Å². The number of nitrogens with one attached hydrogen (secondary N) is 1. The molecule has 1 N–H and O–H groups in total. The number of nitrogens with zero attached hydrogens (tertiary/aromatic N) is 4. The summed E-state index contributed by atoms with van der Waals surface area (Å²) < 4.78 is 1.82. The van der Waals surface area contributed by atoms with Crippen molar-refractivity contribution < 1.29 is 4.79 Å². The molecule has 6 nitrogen and oxygen atoms in total. The first-order chi connectivity index (χ1) is 13.1. The average molecular weight is 377 g/mol. The van der Waals surface area contributed by atoms with Crippen molar-refractivity contribution >= 4 is 27.3 Å². The summed E-state index contributed by atoms with van der Waals surface area (Å²) in [7, 11) is 3.49. The first-order valence-electron chi connectivity index (χ1n) is 8.56. The molecule has 0 bridgehead atoms. The molecule has 0 atom stereocenters. The molecule has 0 aliphatic carbocycles. The summed E-state index contributed by atoms with van der Waals surface area (Å²) in [6.45, 7) is 0.708. The van der Waals surface area contributed by atoms with Crippen LogP contribution < -0.4 is 5.32 Å². The molecule has 4 rings (SSSR count). The summed E-state index contributed by atoms with van der Waals surface area (Å²) in [5, 5.41) is 8.79. The maximum atomic E-state index is 12.2. The SMILES string of the molecule is CN(C)C(=O)c1cccc(-c2cnc3sc(NCc4ccccc4)nn23)c1. The van der Waals surface area contributed by atoms with Gasteiger partial charge in [0.05, 0.1) is 11.9 Å². The fourth-order valence-corrected chi connectivity index (χ4v) is 3.58. The quantitative estimate of drug-likeness (QED) is 0.575. The molecule has 136 valence electrons. The Morgan fingerprint density at radius 3 is 2.74 bits per heavy atom. The Morgan fingerprint density at radius 1 is 1.15 bits per heavy atom. The number of hydrogen-bond donors (Lipinski definition) is 1. The first-order valence-corrected chi connectivity index (χ1v) is 9.38. The summed E-state index contributed by atoms with van der Waals surface area (Å²) >= 11 is 1.50. The van der Waals surface area contributed by atoms with Crippen LogP contribution in [0.25, 0.3) is 16.2 Å². The van der Waals surface area contributed by atoms with Crippen molar-refractivity contribution in [1.29, 1.82) is 0 Å². The van der Waals surface area contributed by atoms with Gasteiger partial charge >= 0.3 is 0 Å².